The zero-order valence-corrected chi connectivity index (χ0v) is 13.2. The molecule has 20 heavy (non-hydrogen) atoms. The summed E-state index contributed by atoms with van der Waals surface area (Å²) >= 11 is 1.33. The number of anilines is 1. The van der Waals surface area contributed by atoms with Gasteiger partial charge in [0.25, 0.3) is 0 Å². The molecule has 4 nitrogen and oxygen atoms in total. The molecule has 0 spiro atoms. The highest BCUT2D eigenvalue weighted by Gasteiger charge is 2.26. The van der Waals surface area contributed by atoms with Crippen LogP contribution in [0.15, 0.2) is 15.9 Å². The van der Waals surface area contributed by atoms with Gasteiger partial charge in [-0.1, -0.05) is 0 Å². The average molecular weight is 293 g/mol. The van der Waals surface area contributed by atoms with E-state index in [4.69, 9.17) is 14.9 Å². The molecule has 0 bridgehead atoms. The van der Waals surface area contributed by atoms with Crippen LogP contribution in [0.1, 0.15) is 42.6 Å². The van der Waals surface area contributed by atoms with Crippen molar-refractivity contribution in [2.24, 2.45) is 0 Å². The van der Waals surface area contributed by atoms with Crippen LogP contribution in [0.2, 0.25) is 0 Å². The lowest BCUT2D eigenvalue weighted by Crippen LogP contribution is -2.24. The van der Waals surface area contributed by atoms with Crippen LogP contribution >= 0.6 is 11.3 Å². The van der Waals surface area contributed by atoms with Crippen molar-refractivity contribution < 1.29 is 13.9 Å². The van der Waals surface area contributed by atoms with Crippen LogP contribution in [0.4, 0.5) is 5.00 Å². The van der Waals surface area contributed by atoms with Crippen molar-refractivity contribution in [3.8, 4) is 11.1 Å². The van der Waals surface area contributed by atoms with Gasteiger partial charge in [-0.15, -0.1) is 11.3 Å². The lowest BCUT2D eigenvalue weighted by Gasteiger charge is -2.19. The van der Waals surface area contributed by atoms with Crippen molar-refractivity contribution in [2.75, 3.05) is 5.73 Å². The molecule has 2 N–H and O–H groups in total. The number of aryl methyl sites for hydroxylation is 2. The first-order valence-corrected chi connectivity index (χ1v) is 7.24. The smallest absolute Gasteiger partial charge is 0.342 e. The molecule has 2 rings (SSSR count). The Hall–Kier alpha value is -1.75. The minimum Gasteiger partial charge on any atom is -0.466 e. The molecule has 2 heterocycles. The quantitative estimate of drug-likeness (QED) is 0.844. The number of ether oxygens (including phenoxy) is 1. The maximum atomic E-state index is 12.3. The molecule has 0 fully saturated rings. The summed E-state index contributed by atoms with van der Waals surface area (Å²) in [6.07, 6.45) is 0. The van der Waals surface area contributed by atoms with Crippen molar-refractivity contribution in [3.05, 3.63) is 28.5 Å². The Bertz CT molecular complexity index is 647. The Morgan fingerprint density at radius 1 is 1.30 bits per heavy atom. The average Bonchev–Trinajstić information content (AvgIpc) is 2.79. The number of carbonyl (C=O) groups excluding carboxylic acids is 1. The number of thiophene rings is 1. The van der Waals surface area contributed by atoms with E-state index in [1.807, 2.05) is 46.1 Å². The molecule has 0 atom stereocenters. The first kappa shape index (κ1) is 14.7. The monoisotopic (exact) mass is 293 g/mol. The van der Waals surface area contributed by atoms with Gasteiger partial charge in [-0.2, -0.15) is 0 Å². The normalized spacial score (nSPS) is 11.7. The minimum absolute atomic E-state index is 0.399. The number of nitrogens with two attached hydrogens (primary N) is 1. The first-order valence-electron chi connectivity index (χ1n) is 6.37. The summed E-state index contributed by atoms with van der Waals surface area (Å²) in [5, 5.41) is 2.33. The third kappa shape index (κ3) is 2.88. The predicted molar refractivity (Wildman–Crippen MR) is 81.1 cm³/mol. The van der Waals surface area contributed by atoms with Crippen molar-refractivity contribution in [1.29, 1.82) is 0 Å². The highest BCUT2D eigenvalue weighted by Crippen LogP contribution is 2.37. The predicted octanol–water partition coefficient (Wildman–Crippen LogP) is 4.16. The second kappa shape index (κ2) is 4.98. The van der Waals surface area contributed by atoms with Crippen LogP contribution in [0.25, 0.3) is 11.1 Å². The van der Waals surface area contributed by atoms with Gasteiger partial charge < -0.3 is 14.9 Å². The van der Waals surface area contributed by atoms with Gasteiger partial charge in [0.2, 0.25) is 0 Å². The fraction of sp³-hybridized carbons (Fsp3) is 0.400. The molecule has 0 radical (unpaired) electrons. The van der Waals surface area contributed by atoms with E-state index < -0.39 is 11.6 Å². The van der Waals surface area contributed by atoms with Gasteiger partial charge in [-0.25, -0.2) is 4.79 Å². The lowest BCUT2D eigenvalue weighted by atomic mass is 10.0. The number of rotatable bonds is 2. The highest BCUT2D eigenvalue weighted by molar-refractivity contribution is 7.15. The Morgan fingerprint density at radius 3 is 2.45 bits per heavy atom. The van der Waals surface area contributed by atoms with Crippen LogP contribution in [0.3, 0.4) is 0 Å². The second-order valence-electron chi connectivity index (χ2n) is 5.72. The minimum atomic E-state index is -0.552. The van der Waals surface area contributed by atoms with Crippen LogP contribution in [-0.4, -0.2) is 11.6 Å². The van der Waals surface area contributed by atoms with Crippen LogP contribution in [-0.2, 0) is 4.74 Å². The second-order valence-corrected chi connectivity index (χ2v) is 6.63. The van der Waals surface area contributed by atoms with E-state index in [1.54, 1.807) is 0 Å². The fourth-order valence-corrected chi connectivity index (χ4v) is 2.81. The molecule has 5 heteroatoms. The summed E-state index contributed by atoms with van der Waals surface area (Å²) in [4.78, 5) is 12.3. The topological polar surface area (TPSA) is 65.5 Å². The summed E-state index contributed by atoms with van der Waals surface area (Å²) in [7, 11) is 0. The van der Waals surface area contributed by atoms with E-state index in [9.17, 15) is 4.79 Å². The molecular formula is C15H19NO3S. The number of nitrogen functional groups attached to an aromatic ring is 1. The van der Waals surface area contributed by atoms with E-state index in [0.717, 1.165) is 22.6 Å². The van der Waals surface area contributed by atoms with Gasteiger partial charge in [-0.05, 0) is 40.7 Å². The van der Waals surface area contributed by atoms with Gasteiger partial charge in [0.05, 0.1) is 0 Å². The third-order valence-corrected chi connectivity index (χ3v) is 3.57. The molecule has 0 aliphatic rings. The van der Waals surface area contributed by atoms with Gasteiger partial charge in [0, 0.05) is 16.5 Å². The third-order valence-electron chi connectivity index (χ3n) is 2.75. The fourth-order valence-electron chi connectivity index (χ4n) is 2.01. The van der Waals surface area contributed by atoms with E-state index in [1.165, 1.54) is 11.3 Å². The van der Waals surface area contributed by atoms with Crippen LogP contribution in [0.5, 0.6) is 0 Å². The van der Waals surface area contributed by atoms with Crippen LogP contribution in [0, 0.1) is 13.8 Å². The molecule has 0 aliphatic heterocycles. The Balaban J connectivity index is 2.48. The molecule has 108 valence electrons. The van der Waals surface area contributed by atoms with Crippen molar-refractivity contribution in [3.63, 3.8) is 0 Å². The summed E-state index contributed by atoms with van der Waals surface area (Å²) in [6, 6.07) is 1.91. The molecule has 0 saturated carbocycles. The summed E-state index contributed by atoms with van der Waals surface area (Å²) < 4.78 is 11.0. The number of hydrogen-bond acceptors (Lipinski definition) is 5. The van der Waals surface area contributed by atoms with Gasteiger partial charge >= 0.3 is 5.97 Å². The Morgan fingerprint density at radius 2 is 1.95 bits per heavy atom. The van der Waals surface area contributed by atoms with Gasteiger partial charge in [-0.3, -0.25) is 0 Å². The SMILES string of the molecule is Cc1cc(-c2csc(N)c2C(=O)OC(C)(C)C)c(C)o1. The molecule has 0 saturated heterocycles. The van der Waals surface area contributed by atoms with Crippen LogP contribution < -0.4 is 5.73 Å². The Labute approximate surface area is 122 Å². The van der Waals surface area contributed by atoms with E-state index in [2.05, 4.69) is 0 Å². The molecule has 0 aliphatic carbocycles. The summed E-state index contributed by atoms with van der Waals surface area (Å²) in [5.74, 6) is 1.17. The molecule has 0 amide bonds. The molecule has 0 aromatic carbocycles. The number of carbonyl (C=O) groups is 1. The summed E-state index contributed by atoms with van der Waals surface area (Å²) in [6.45, 7) is 9.25. The highest BCUT2D eigenvalue weighted by atomic mass is 32.1. The largest absolute Gasteiger partial charge is 0.466 e. The van der Waals surface area contributed by atoms with Crippen molar-refractivity contribution >= 4 is 22.3 Å². The first-order chi connectivity index (χ1) is 9.19. The van der Waals surface area contributed by atoms with Gasteiger partial charge in [0.1, 0.15) is 27.7 Å². The van der Waals surface area contributed by atoms with E-state index in [0.29, 0.717) is 10.6 Å². The lowest BCUT2D eigenvalue weighted by molar-refractivity contribution is 0.00722. The molecular weight excluding hydrogens is 274 g/mol. The maximum Gasteiger partial charge on any atom is 0.342 e. The standard InChI is InChI=1S/C15H19NO3S/c1-8-6-10(9(2)18-8)11-7-20-13(16)12(11)14(17)19-15(3,4)5/h6-7H,16H2,1-5H3. The van der Waals surface area contributed by atoms with Gasteiger partial charge in [0.15, 0.2) is 0 Å². The van der Waals surface area contributed by atoms with E-state index >= 15 is 0 Å². The Kier molecular flexibility index (Phi) is 3.65. The van der Waals surface area contributed by atoms with E-state index in [-0.39, 0.29) is 0 Å². The summed E-state index contributed by atoms with van der Waals surface area (Å²) in [5.41, 5.74) is 7.48. The van der Waals surface area contributed by atoms with Crippen molar-refractivity contribution in [2.45, 2.75) is 40.2 Å². The number of furan rings is 1. The number of esters is 1. The maximum absolute atomic E-state index is 12.3. The molecule has 2 aromatic heterocycles. The number of hydrogen-bond donors (Lipinski definition) is 1. The molecule has 2 aromatic rings. The zero-order valence-electron chi connectivity index (χ0n) is 12.4. The van der Waals surface area contributed by atoms with Crippen molar-refractivity contribution in [1.82, 2.24) is 0 Å². The zero-order chi connectivity index (χ0) is 15.1. The molecule has 0 unspecified atom stereocenters.